The number of benzene rings is 1. The summed E-state index contributed by atoms with van der Waals surface area (Å²) in [7, 11) is 0. The molecule has 19 heavy (non-hydrogen) atoms. The molecule has 3 heteroatoms. The summed E-state index contributed by atoms with van der Waals surface area (Å²) in [6.45, 7) is 2.03. The zero-order valence-electron chi connectivity index (χ0n) is 11.8. The fraction of sp³-hybridized carbons (Fsp3) is 0.625. The van der Waals surface area contributed by atoms with Gasteiger partial charge in [0.05, 0.1) is 0 Å². The molecule has 0 bridgehead atoms. The lowest BCUT2D eigenvalue weighted by Crippen LogP contribution is -2.29. The van der Waals surface area contributed by atoms with Gasteiger partial charge in [0.1, 0.15) is 0 Å². The standard InChI is InChI=1S/C16H25ClN2/c1-12-8-9-14(11-15(12)17)16(19-18)10-13-6-4-2-3-5-7-13/h8-9,11,13,16,19H,2-7,10,18H2,1H3. The molecular weight excluding hydrogens is 256 g/mol. The van der Waals surface area contributed by atoms with Crippen molar-refractivity contribution in [1.82, 2.24) is 5.43 Å². The lowest BCUT2D eigenvalue weighted by atomic mass is 9.89. The highest BCUT2D eigenvalue weighted by Gasteiger charge is 2.19. The summed E-state index contributed by atoms with van der Waals surface area (Å²) in [5, 5.41) is 0.832. The Hall–Kier alpha value is -0.570. The number of hydrazine groups is 1. The van der Waals surface area contributed by atoms with E-state index in [1.165, 1.54) is 44.1 Å². The van der Waals surface area contributed by atoms with Crippen molar-refractivity contribution in [2.24, 2.45) is 11.8 Å². The van der Waals surface area contributed by atoms with Crippen LogP contribution in [0.2, 0.25) is 5.02 Å². The maximum atomic E-state index is 6.22. The van der Waals surface area contributed by atoms with Gasteiger partial charge in [-0.1, -0.05) is 62.3 Å². The van der Waals surface area contributed by atoms with Gasteiger partial charge >= 0.3 is 0 Å². The molecule has 1 unspecified atom stereocenters. The van der Waals surface area contributed by atoms with Crippen molar-refractivity contribution in [1.29, 1.82) is 0 Å². The highest BCUT2D eigenvalue weighted by atomic mass is 35.5. The Morgan fingerprint density at radius 2 is 1.95 bits per heavy atom. The van der Waals surface area contributed by atoms with Crippen LogP contribution in [-0.4, -0.2) is 0 Å². The minimum atomic E-state index is 0.223. The van der Waals surface area contributed by atoms with E-state index in [2.05, 4.69) is 23.6 Å². The Kier molecular flexibility index (Phi) is 5.68. The van der Waals surface area contributed by atoms with Gasteiger partial charge in [0.2, 0.25) is 0 Å². The normalized spacial score (nSPS) is 19.1. The fourth-order valence-corrected chi connectivity index (χ4v) is 3.25. The third-order valence-electron chi connectivity index (χ3n) is 4.34. The van der Waals surface area contributed by atoms with Crippen LogP contribution < -0.4 is 11.3 Å². The number of nitrogens with two attached hydrogens (primary N) is 1. The molecule has 1 aliphatic rings. The zero-order chi connectivity index (χ0) is 13.7. The molecule has 1 aliphatic carbocycles. The molecule has 1 aromatic rings. The maximum Gasteiger partial charge on any atom is 0.0463 e. The van der Waals surface area contributed by atoms with Crippen molar-refractivity contribution >= 4 is 11.6 Å². The van der Waals surface area contributed by atoms with Crippen LogP contribution in [0.15, 0.2) is 18.2 Å². The lowest BCUT2D eigenvalue weighted by Gasteiger charge is -2.22. The molecule has 0 radical (unpaired) electrons. The molecule has 106 valence electrons. The molecule has 3 N–H and O–H groups in total. The predicted octanol–water partition coefficient (Wildman–Crippen LogP) is 4.51. The van der Waals surface area contributed by atoms with Gasteiger partial charge in [0.15, 0.2) is 0 Å². The molecule has 2 nitrogen and oxygen atoms in total. The second-order valence-electron chi connectivity index (χ2n) is 5.82. The van der Waals surface area contributed by atoms with E-state index in [-0.39, 0.29) is 6.04 Å². The lowest BCUT2D eigenvalue weighted by molar-refractivity contribution is 0.359. The average molecular weight is 281 g/mol. The van der Waals surface area contributed by atoms with Crippen molar-refractivity contribution in [2.75, 3.05) is 0 Å². The van der Waals surface area contributed by atoms with Crippen LogP contribution in [0, 0.1) is 12.8 Å². The molecule has 0 heterocycles. The molecule has 0 aromatic heterocycles. The molecule has 2 rings (SSSR count). The number of rotatable bonds is 4. The van der Waals surface area contributed by atoms with Gasteiger partial charge in [-0.3, -0.25) is 11.3 Å². The van der Waals surface area contributed by atoms with Crippen molar-refractivity contribution in [3.05, 3.63) is 34.3 Å². The second-order valence-corrected chi connectivity index (χ2v) is 6.23. The van der Waals surface area contributed by atoms with E-state index in [0.29, 0.717) is 0 Å². The Morgan fingerprint density at radius 3 is 2.53 bits per heavy atom. The first-order valence-corrected chi connectivity index (χ1v) is 7.80. The van der Waals surface area contributed by atoms with Crippen LogP contribution in [0.25, 0.3) is 0 Å². The van der Waals surface area contributed by atoms with Gasteiger partial charge in [-0.25, -0.2) is 0 Å². The summed E-state index contributed by atoms with van der Waals surface area (Å²) >= 11 is 6.22. The van der Waals surface area contributed by atoms with Crippen molar-refractivity contribution in [3.63, 3.8) is 0 Å². The quantitative estimate of drug-likeness (QED) is 0.484. The van der Waals surface area contributed by atoms with Gasteiger partial charge in [-0.15, -0.1) is 0 Å². The molecule has 0 spiro atoms. The molecule has 1 aromatic carbocycles. The molecule has 0 aliphatic heterocycles. The van der Waals surface area contributed by atoms with E-state index in [1.807, 2.05) is 6.92 Å². The van der Waals surface area contributed by atoms with Crippen LogP contribution in [0.3, 0.4) is 0 Å². The number of halogens is 1. The molecule has 1 atom stereocenters. The minimum Gasteiger partial charge on any atom is -0.271 e. The first-order valence-electron chi connectivity index (χ1n) is 7.43. The topological polar surface area (TPSA) is 38.0 Å². The van der Waals surface area contributed by atoms with E-state index in [9.17, 15) is 0 Å². The fourth-order valence-electron chi connectivity index (χ4n) is 3.06. The average Bonchev–Trinajstić information content (AvgIpc) is 2.68. The van der Waals surface area contributed by atoms with Crippen molar-refractivity contribution in [2.45, 2.75) is 57.9 Å². The summed E-state index contributed by atoms with van der Waals surface area (Å²) in [5.74, 6) is 6.55. The zero-order valence-corrected chi connectivity index (χ0v) is 12.5. The Bertz CT molecular complexity index is 398. The molecule has 0 saturated heterocycles. The summed E-state index contributed by atoms with van der Waals surface area (Å²) in [6.07, 6.45) is 9.35. The second kappa shape index (κ2) is 7.28. The third-order valence-corrected chi connectivity index (χ3v) is 4.75. The molecule has 0 amide bonds. The van der Waals surface area contributed by atoms with Crippen LogP contribution in [-0.2, 0) is 0 Å². The van der Waals surface area contributed by atoms with Crippen LogP contribution in [0.4, 0.5) is 0 Å². The highest BCUT2D eigenvalue weighted by Crippen LogP contribution is 2.31. The van der Waals surface area contributed by atoms with Gasteiger partial charge in [-0.05, 0) is 36.5 Å². The summed E-state index contributed by atoms with van der Waals surface area (Å²) < 4.78 is 0. The number of hydrogen-bond donors (Lipinski definition) is 2. The van der Waals surface area contributed by atoms with Gasteiger partial charge in [0.25, 0.3) is 0 Å². The molecule has 1 saturated carbocycles. The molecule has 1 fully saturated rings. The van der Waals surface area contributed by atoms with Gasteiger partial charge in [0, 0.05) is 11.1 Å². The van der Waals surface area contributed by atoms with Crippen LogP contribution in [0.1, 0.15) is 62.1 Å². The van der Waals surface area contributed by atoms with E-state index in [1.54, 1.807) is 0 Å². The first kappa shape index (κ1) is 14.8. The number of aryl methyl sites for hydroxylation is 1. The van der Waals surface area contributed by atoms with Gasteiger partial charge < -0.3 is 0 Å². The summed E-state index contributed by atoms with van der Waals surface area (Å²) in [5.41, 5.74) is 5.31. The van der Waals surface area contributed by atoms with Crippen molar-refractivity contribution < 1.29 is 0 Å². The van der Waals surface area contributed by atoms with E-state index in [0.717, 1.165) is 22.9 Å². The Morgan fingerprint density at radius 1 is 1.26 bits per heavy atom. The van der Waals surface area contributed by atoms with Gasteiger partial charge in [-0.2, -0.15) is 0 Å². The van der Waals surface area contributed by atoms with E-state index < -0.39 is 0 Å². The SMILES string of the molecule is Cc1ccc(C(CC2CCCCCC2)NN)cc1Cl. The number of hydrogen-bond acceptors (Lipinski definition) is 2. The molecular formula is C16H25ClN2. The maximum absolute atomic E-state index is 6.22. The number of nitrogens with one attached hydrogen (secondary N) is 1. The Balaban J connectivity index is 2.03. The van der Waals surface area contributed by atoms with Crippen LogP contribution >= 0.6 is 11.6 Å². The largest absolute Gasteiger partial charge is 0.271 e. The highest BCUT2D eigenvalue weighted by molar-refractivity contribution is 6.31. The Labute approximate surface area is 121 Å². The minimum absolute atomic E-state index is 0.223. The summed E-state index contributed by atoms with van der Waals surface area (Å²) in [4.78, 5) is 0. The van der Waals surface area contributed by atoms with Crippen molar-refractivity contribution in [3.8, 4) is 0 Å². The predicted molar refractivity (Wildman–Crippen MR) is 82.1 cm³/mol. The third kappa shape index (κ3) is 4.20. The van der Waals surface area contributed by atoms with Crippen LogP contribution in [0.5, 0.6) is 0 Å². The monoisotopic (exact) mass is 280 g/mol. The smallest absolute Gasteiger partial charge is 0.0463 e. The summed E-state index contributed by atoms with van der Waals surface area (Å²) in [6, 6.07) is 6.50. The van der Waals surface area contributed by atoms with E-state index >= 15 is 0 Å². The van der Waals surface area contributed by atoms with E-state index in [4.69, 9.17) is 17.4 Å². The first-order chi connectivity index (χ1) is 9.20.